The van der Waals surface area contributed by atoms with Gasteiger partial charge in [0.1, 0.15) is 5.82 Å². The number of hydrogen-bond donors (Lipinski definition) is 1. The van der Waals surface area contributed by atoms with Crippen molar-refractivity contribution in [1.82, 2.24) is 15.1 Å². The molecule has 1 amide bonds. The number of rotatable bonds is 3. The van der Waals surface area contributed by atoms with Gasteiger partial charge in [-0.15, -0.1) is 10.2 Å². The quantitative estimate of drug-likeness (QED) is 0.930. The van der Waals surface area contributed by atoms with E-state index >= 15 is 0 Å². The highest BCUT2D eigenvalue weighted by molar-refractivity contribution is 5.80. The second kappa shape index (κ2) is 5.73. The van der Waals surface area contributed by atoms with Gasteiger partial charge in [-0.25, -0.2) is 0 Å². The fraction of sp³-hybridized carbons (Fsp3) is 0.643. The fourth-order valence-electron chi connectivity index (χ4n) is 2.34. The molecule has 0 radical (unpaired) electrons. The van der Waals surface area contributed by atoms with Crippen LogP contribution >= 0.6 is 0 Å². The third-order valence-corrected chi connectivity index (χ3v) is 4.16. The molecule has 1 atom stereocenters. The summed E-state index contributed by atoms with van der Waals surface area (Å²) in [6, 6.07) is 2.00. The molecular weight excluding hydrogens is 297 g/mol. The smallest absolute Gasteiger partial charge is 0.360 e. The van der Waals surface area contributed by atoms with Gasteiger partial charge in [-0.05, 0) is 23.5 Å². The summed E-state index contributed by atoms with van der Waals surface area (Å²) in [7, 11) is 0. The van der Waals surface area contributed by atoms with Crippen molar-refractivity contribution >= 4 is 11.7 Å². The Morgan fingerprint density at radius 2 is 2.09 bits per heavy atom. The van der Waals surface area contributed by atoms with E-state index in [1.807, 2.05) is 0 Å². The van der Waals surface area contributed by atoms with Gasteiger partial charge in [-0.3, -0.25) is 4.79 Å². The molecular formula is C14H19F3N4O. The summed E-state index contributed by atoms with van der Waals surface area (Å²) in [5.41, 5.74) is -0.983. The van der Waals surface area contributed by atoms with Gasteiger partial charge < -0.3 is 10.2 Å². The molecule has 1 aromatic heterocycles. The van der Waals surface area contributed by atoms with Gasteiger partial charge in [0.15, 0.2) is 5.69 Å². The van der Waals surface area contributed by atoms with Crippen LogP contribution in [0.2, 0.25) is 0 Å². The SMILES string of the molecule is CC1CN(C(=O)CNc2ccc(C(F)(F)F)nn2)CC1(C)C. The average molecular weight is 316 g/mol. The lowest BCUT2D eigenvalue weighted by Crippen LogP contribution is -2.35. The number of amides is 1. The van der Waals surface area contributed by atoms with Gasteiger partial charge in [0.2, 0.25) is 5.91 Å². The number of likely N-dealkylation sites (tertiary alicyclic amines) is 1. The van der Waals surface area contributed by atoms with E-state index in [-0.39, 0.29) is 23.7 Å². The van der Waals surface area contributed by atoms with Gasteiger partial charge in [0, 0.05) is 13.1 Å². The third-order valence-electron chi connectivity index (χ3n) is 4.16. The van der Waals surface area contributed by atoms with E-state index in [1.165, 1.54) is 6.07 Å². The number of halogens is 3. The largest absolute Gasteiger partial charge is 0.435 e. The second-order valence-corrected chi connectivity index (χ2v) is 6.32. The van der Waals surface area contributed by atoms with E-state index in [2.05, 4.69) is 36.3 Å². The van der Waals surface area contributed by atoms with E-state index in [1.54, 1.807) is 4.90 Å². The number of carbonyl (C=O) groups excluding carboxylic acids is 1. The monoisotopic (exact) mass is 316 g/mol. The molecule has 122 valence electrons. The van der Waals surface area contributed by atoms with Crippen LogP contribution in [-0.4, -0.2) is 40.6 Å². The number of aromatic nitrogens is 2. The molecule has 0 bridgehead atoms. The number of carbonyl (C=O) groups is 1. The number of alkyl halides is 3. The summed E-state index contributed by atoms with van der Waals surface area (Å²) < 4.78 is 37.1. The van der Waals surface area contributed by atoms with Crippen molar-refractivity contribution in [1.29, 1.82) is 0 Å². The van der Waals surface area contributed by atoms with Crippen LogP contribution < -0.4 is 5.32 Å². The molecule has 2 rings (SSSR count). The molecule has 0 saturated carbocycles. The highest BCUT2D eigenvalue weighted by atomic mass is 19.4. The van der Waals surface area contributed by atoms with Crippen LogP contribution in [0, 0.1) is 11.3 Å². The Morgan fingerprint density at radius 3 is 2.55 bits per heavy atom. The maximum absolute atomic E-state index is 12.4. The minimum atomic E-state index is -4.52. The summed E-state index contributed by atoms with van der Waals surface area (Å²) in [4.78, 5) is 13.9. The molecule has 1 unspecified atom stereocenters. The van der Waals surface area contributed by atoms with Crippen molar-refractivity contribution in [3.63, 3.8) is 0 Å². The molecule has 1 aliphatic rings. The molecule has 1 aliphatic heterocycles. The van der Waals surface area contributed by atoms with Crippen molar-refractivity contribution in [2.45, 2.75) is 26.9 Å². The minimum Gasteiger partial charge on any atom is -0.360 e. The first-order valence-corrected chi connectivity index (χ1v) is 7.02. The molecule has 2 heterocycles. The van der Waals surface area contributed by atoms with Crippen LogP contribution in [0.25, 0.3) is 0 Å². The molecule has 0 spiro atoms. The first-order chi connectivity index (χ1) is 10.1. The molecule has 5 nitrogen and oxygen atoms in total. The highest BCUT2D eigenvalue weighted by Gasteiger charge is 2.38. The Kier molecular flexibility index (Phi) is 4.30. The van der Waals surface area contributed by atoms with E-state index in [0.717, 1.165) is 6.07 Å². The van der Waals surface area contributed by atoms with Crippen molar-refractivity contribution in [3.05, 3.63) is 17.8 Å². The van der Waals surface area contributed by atoms with Crippen molar-refractivity contribution < 1.29 is 18.0 Å². The number of nitrogens with one attached hydrogen (secondary N) is 1. The van der Waals surface area contributed by atoms with Crippen LogP contribution in [-0.2, 0) is 11.0 Å². The maximum atomic E-state index is 12.4. The van der Waals surface area contributed by atoms with Gasteiger partial charge in [0.25, 0.3) is 0 Å². The van der Waals surface area contributed by atoms with Gasteiger partial charge in [-0.1, -0.05) is 20.8 Å². The van der Waals surface area contributed by atoms with E-state index in [9.17, 15) is 18.0 Å². The summed E-state index contributed by atoms with van der Waals surface area (Å²) in [5.74, 6) is 0.453. The van der Waals surface area contributed by atoms with Crippen LogP contribution in [0.3, 0.4) is 0 Å². The lowest BCUT2D eigenvalue weighted by molar-refractivity contribution is -0.141. The Labute approximate surface area is 126 Å². The summed E-state index contributed by atoms with van der Waals surface area (Å²) in [6.45, 7) is 7.67. The first-order valence-electron chi connectivity index (χ1n) is 7.02. The lowest BCUT2D eigenvalue weighted by atomic mass is 9.84. The standard InChI is InChI=1S/C14H19F3N4O/c1-9-7-21(8-13(9,2)3)12(22)6-18-11-5-4-10(19-20-11)14(15,16)17/h4-5,9H,6-8H2,1-3H3,(H,18,20). The van der Waals surface area contributed by atoms with Gasteiger partial charge >= 0.3 is 6.18 Å². The van der Waals surface area contributed by atoms with E-state index < -0.39 is 11.9 Å². The van der Waals surface area contributed by atoms with Crippen molar-refractivity contribution in [2.75, 3.05) is 25.0 Å². The molecule has 1 N–H and O–H groups in total. The number of nitrogens with zero attached hydrogens (tertiary/aromatic N) is 3. The Hall–Kier alpha value is -1.86. The second-order valence-electron chi connectivity index (χ2n) is 6.32. The molecule has 1 saturated heterocycles. The first kappa shape index (κ1) is 16.5. The van der Waals surface area contributed by atoms with Crippen LogP contribution in [0.15, 0.2) is 12.1 Å². The Balaban J connectivity index is 1.89. The predicted octanol–water partition coefficient (Wildman–Crippen LogP) is 2.41. The van der Waals surface area contributed by atoms with Crippen LogP contribution in [0.4, 0.5) is 19.0 Å². The fourth-order valence-corrected chi connectivity index (χ4v) is 2.34. The zero-order chi connectivity index (χ0) is 16.5. The van der Waals surface area contributed by atoms with E-state index in [0.29, 0.717) is 19.0 Å². The normalized spacial score (nSPS) is 21.0. The lowest BCUT2D eigenvalue weighted by Gasteiger charge is -2.22. The molecule has 22 heavy (non-hydrogen) atoms. The zero-order valence-electron chi connectivity index (χ0n) is 12.7. The van der Waals surface area contributed by atoms with Gasteiger partial charge in [-0.2, -0.15) is 13.2 Å². The van der Waals surface area contributed by atoms with Crippen molar-refractivity contribution in [2.24, 2.45) is 11.3 Å². The maximum Gasteiger partial charge on any atom is 0.435 e. The summed E-state index contributed by atoms with van der Waals surface area (Å²) in [6.07, 6.45) is -4.52. The topological polar surface area (TPSA) is 58.1 Å². The predicted molar refractivity (Wildman–Crippen MR) is 75.0 cm³/mol. The van der Waals surface area contributed by atoms with Crippen LogP contribution in [0.1, 0.15) is 26.5 Å². The minimum absolute atomic E-state index is 0.0111. The molecule has 1 fully saturated rings. The van der Waals surface area contributed by atoms with Gasteiger partial charge in [0.05, 0.1) is 6.54 Å². The zero-order valence-corrected chi connectivity index (χ0v) is 12.7. The molecule has 0 aromatic carbocycles. The molecule has 8 heteroatoms. The number of anilines is 1. The average Bonchev–Trinajstić information content (AvgIpc) is 2.70. The molecule has 1 aromatic rings. The van der Waals surface area contributed by atoms with Crippen molar-refractivity contribution in [3.8, 4) is 0 Å². The number of hydrogen-bond acceptors (Lipinski definition) is 4. The Bertz CT molecular complexity index is 542. The highest BCUT2D eigenvalue weighted by Crippen LogP contribution is 2.34. The van der Waals surface area contributed by atoms with Crippen LogP contribution in [0.5, 0.6) is 0 Å². The third kappa shape index (κ3) is 3.66. The Morgan fingerprint density at radius 1 is 1.41 bits per heavy atom. The summed E-state index contributed by atoms with van der Waals surface area (Å²) in [5, 5.41) is 9.24. The molecule has 0 aliphatic carbocycles. The van der Waals surface area contributed by atoms with E-state index in [4.69, 9.17) is 0 Å². The summed E-state index contributed by atoms with van der Waals surface area (Å²) >= 11 is 0.